The van der Waals surface area contributed by atoms with Crippen LogP contribution in [0, 0.1) is 19.7 Å². The van der Waals surface area contributed by atoms with Crippen molar-refractivity contribution in [2.75, 3.05) is 5.32 Å². The summed E-state index contributed by atoms with van der Waals surface area (Å²) in [6.45, 7) is 3.94. The summed E-state index contributed by atoms with van der Waals surface area (Å²) >= 11 is 0. The molecule has 5 aromatic rings. The minimum atomic E-state index is -0.459. The first kappa shape index (κ1) is 23.0. The Morgan fingerprint density at radius 3 is 2.28 bits per heavy atom. The van der Waals surface area contributed by atoms with E-state index in [1.54, 1.807) is 41.1 Å². The SMILES string of the molecule is Cc1ccc(C)c(-n2nc(C(=O)Nc3ccc(Oc4ccccc4)cc3)nc2-c2ccc(F)cc2)c1. The lowest BCUT2D eigenvalue weighted by Crippen LogP contribution is -2.14. The number of carbonyl (C=O) groups is 1. The lowest BCUT2D eigenvalue weighted by molar-refractivity contribution is 0.101. The number of rotatable bonds is 6. The number of benzene rings is 4. The predicted octanol–water partition coefficient (Wildman–Crippen LogP) is 6.73. The number of nitrogens with one attached hydrogen (secondary N) is 1. The molecule has 0 fully saturated rings. The van der Waals surface area contributed by atoms with Gasteiger partial charge in [0.2, 0.25) is 5.82 Å². The Morgan fingerprint density at radius 2 is 1.56 bits per heavy atom. The van der Waals surface area contributed by atoms with Crippen LogP contribution < -0.4 is 10.1 Å². The van der Waals surface area contributed by atoms with Crippen LogP contribution in [0.1, 0.15) is 21.7 Å². The summed E-state index contributed by atoms with van der Waals surface area (Å²) in [6, 6.07) is 28.4. The van der Waals surface area contributed by atoms with Crippen molar-refractivity contribution >= 4 is 11.6 Å². The molecule has 7 heteroatoms. The minimum absolute atomic E-state index is 0.000145. The molecule has 0 aliphatic rings. The monoisotopic (exact) mass is 478 g/mol. The Labute approximate surface area is 208 Å². The van der Waals surface area contributed by atoms with Gasteiger partial charge in [-0.15, -0.1) is 5.10 Å². The maximum absolute atomic E-state index is 13.6. The highest BCUT2D eigenvalue weighted by Crippen LogP contribution is 2.26. The number of carbonyl (C=O) groups excluding carboxylic acids is 1. The zero-order valence-electron chi connectivity index (χ0n) is 19.8. The number of para-hydroxylation sites is 1. The molecular weight excluding hydrogens is 455 g/mol. The van der Waals surface area contributed by atoms with E-state index in [4.69, 9.17) is 4.74 Å². The fourth-order valence-corrected chi connectivity index (χ4v) is 3.73. The van der Waals surface area contributed by atoms with E-state index < -0.39 is 5.91 Å². The highest BCUT2D eigenvalue weighted by atomic mass is 19.1. The van der Waals surface area contributed by atoms with Gasteiger partial charge < -0.3 is 10.1 Å². The Hall–Kier alpha value is -4.78. The Kier molecular flexibility index (Phi) is 6.28. The molecular formula is C29H23FN4O2. The van der Waals surface area contributed by atoms with Crippen LogP contribution in [-0.2, 0) is 0 Å². The third kappa shape index (κ3) is 5.00. The number of hydrogen-bond donors (Lipinski definition) is 1. The van der Waals surface area contributed by atoms with E-state index in [9.17, 15) is 9.18 Å². The lowest BCUT2D eigenvalue weighted by atomic mass is 10.1. The van der Waals surface area contributed by atoms with Gasteiger partial charge in [0.15, 0.2) is 5.82 Å². The molecule has 1 amide bonds. The number of aromatic nitrogens is 3. The van der Waals surface area contributed by atoms with E-state index in [2.05, 4.69) is 15.4 Å². The molecule has 0 saturated carbocycles. The minimum Gasteiger partial charge on any atom is -0.457 e. The van der Waals surface area contributed by atoms with Gasteiger partial charge in [-0.25, -0.2) is 14.1 Å². The van der Waals surface area contributed by atoms with Crippen LogP contribution in [0.3, 0.4) is 0 Å². The lowest BCUT2D eigenvalue weighted by Gasteiger charge is -2.10. The van der Waals surface area contributed by atoms with E-state index in [0.29, 0.717) is 22.8 Å². The van der Waals surface area contributed by atoms with Crippen LogP contribution >= 0.6 is 0 Å². The Balaban J connectivity index is 1.43. The smallest absolute Gasteiger partial charge is 0.295 e. The normalized spacial score (nSPS) is 10.8. The number of hydrogen-bond acceptors (Lipinski definition) is 4. The molecule has 0 unspecified atom stereocenters. The van der Waals surface area contributed by atoms with Crippen molar-refractivity contribution in [2.45, 2.75) is 13.8 Å². The first-order chi connectivity index (χ1) is 17.5. The zero-order chi connectivity index (χ0) is 25.1. The average molecular weight is 479 g/mol. The molecule has 36 heavy (non-hydrogen) atoms. The van der Waals surface area contributed by atoms with Gasteiger partial charge in [0.05, 0.1) is 5.69 Å². The quantitative estimate of drug-likeness (QED) is 0.294. The van der Waals surface area contributed by atoms with Crippen molar-refractivity contribution in [3.63, 3.8) is 0 Å². The van der Waals surface area contributed by atoms with Crippen LogP contribution in [0.15, 0.2) is 97.1 Å². The second-order valence-electron chi connectivity index (χ2n) is 8.36. The molecule has 1 heterocycles. The topological polar surface area (TPSA) is 69.0 Å². The number of anilines is 1. The van der Waals surface area contributed by atoms with E-state index in [1.807, 2.05) is 62.4 Å². The van der Waals surface area contributed by atoms with Gasteiger partial charge >= 0.3 is 0 Å². The summed E-state index contributed by atoms with van der Waals surface area (Å²) in [4.78, 5) is 17.6. The molecule has 0 aliphatic carbocycles. The maximum atomic E-state index is 13.6. The summed E-state index contributed by atoms with van der Waals surface area (Å²) in [7, 11) is 0. The van der Waals surface area contributed by atoms with Crippen LogP contribution in [0.25, 0.3) is 17.1 Å². The second-order valence-corrected chi connectivity index (χ2v) is 8.36. The third-order valence-electron chi connectivity index (χ3n) is 5.60. The Morgan fingerprint density at radius 1 is 0.861 bits per heavy atom. The molecule has 1 N–H and O–H groups in total. The van der Waals surface area contributed by atoms with Crippen molar-refractivity contribution in [3.8, 4) is 28.6 Å². The molecule has 178 valence electrons. The fraction of sp³-hybridized carbons (Fsp3) is 0.0690. The fourth-order valence-electron chi connectivity index (χ4n) is 3.73. The molecule has 0 saturated heterocycles. The van der Waals surface area contributed by atoms with E-state index in [-0.39, 0.29) is 11.6 Å². The maximum Gasteiger partial charge on any atom is 0.295 e. The number of aryl methyl sites for hydroxylation is 2. The highest BCUT2D eigenvalue weighted by Gasteiger charge is 2.20. The van der Waals surface area contributed by atoms with Crippen molar-refractivity contribution in [1.82, 2.24) is 14.8 Å². The molecule has 0 radical (unpaired) electrons. The van der Waals surface area contributed by atoms with Crippen LogP contribution in [-0.4, -0.2) is 20.7 Å². The molecule has 0 aliphatic heterocycles. The Bertz CT molecular complexity index is 1510. The van der Waals surface area contributed by atoms with Crippen LogP contribution in [0.5, 0.6) is 11.5 Å². The van der Waals surface area contributed by atoms with Gasteiger partial charge in [-0.2, -0.15) is 0 Å². The summed E-state index contributed by atoms with van der Waals surface area (Å²) in [5.74, 6) is 1.01. The van der Waals surface area contributed by atoms with Gasteiger partial charge in [0.25, 0.3) is 5.91 Å². The molecule has 0 spiro atoms. The van der Waals surface area contributed by atoms with E-state index >= 15 is 0 Å². The average Bonchev–Trinajstić information content (AvgIpc) is 3.33. The molecule has 4 aromatic carbocycles. The van der Waals surface area contributed by atoms with E-state index in [0.717, 1.165) is 22.6 Å². The molecule has 0 bridgehead atoms. The summed E-state index contributed by atoms with van der Waals surface area (Å²) in [5, 5.41) is 7.36. The third-order valence-corrected chi connectivity index (χ3v) is 5.60. The first-order valence-corrected chi connectivity index (χ1v) is 11.4. The van der Waals surface area contributed by atoms with Gasteiger partial charge in [-0.1, -0.05) is 30.3 Å². The zero-order valence-corrected chi connectivity index (χ0v) is 19.8. The van der Waals surface area contributed by atoms with E-state index in [1.165, 1.54) is 12.1 Å². The molecule has 0 atom stereocenters. The van der Waals surface area contributed by atoms with Crippen molar-refractivity contribution in [3.05, 3.63) is 120 Å². The van der Waals surface area contributed by atoms with Crippen LogP contribution in [0.2, 0.25) is 0 Å². The summed E-state index contributed by atoms with van der Waals surface area (Å²) < 4.78 is 21.0. The number of nitrogens with zero attached hydrogens (tertiary/aromatic N) is 3. The standard InChI is InChI=1S/C29H23FN4O2/c1-19-8-9-20(2)26(18-19)34-28(21-10-12-22(30)13-11-21)32-27(33-34)29(35)31-23-14-16-25(17-15-23)36-24-6-4-3-5-7-24/h3-18H,1-2H3,(H,31,35). The summed E-state index contributed by atoms with van der Waals surface area (Å²) in [5.41, 5.74) is 4.02. The number of amides is 1. The van der Waals surface area contributed by atoms with Gasteiger partial charge in [-0.3, -0.25) is 4.79 Å². The second kappa shape index (κ2) is 9.84. The van der Waals surface area contributed by atoms with Gasteiger partial charge in [0.1, 0.15) is 17.3 Å². The molecule has 5 rings (SSSR count). The van der Waals surface area contributed by atoms with Crippen molar-refractivity contribution in [2.24, 2.45) is 0 Å². The largest absolute Gasteiger partial charge is 0.457 e. The highest BCUT2D eigenvalue weighted by molar-refractivity contribution is 6.01. The molecule has 6 nitrogen and oxygen atoms in total. The van der Waals surface area contributed by atoms with Crippen molar-refractivity contribution < 1.29 is 13.9 Å². The van der Waals surface area contributed by atoms with Crippen LogP contribution in [0.4, 0.5) is 10.1 Å². The summed E-state index contributed by atoms with van der Waals surface area (Å²) in [6.07, 6.45) is 0. The first-order valence-electron chi connectivity index (χ1n) is 11.4. The molecule has 1 aromatic heterocycles. The predicted molar refractivity (Wildman–Crippen MR) is 137 cm³/mol. The number of ether oxygens (including phenoxy) is 1. The van der Waals surface area contributed by atoms with Gasteiger partial charge in [-0.05, 0) is 91.7 Å². The van der Waals surface area contributed by atoms with Gasteiger partial charge in [0, 0.05) is 11.3 Å². The number of halogens is 1. The van der Waals surface area contributed by atoms with Crippen molar-refractivity contribution in [1.29, 1.82) is 0 Å².